The standard InChI is InChI=1S/C11H15BrN2O3/c1-11(2,17-10(13)15)6-7-4-5-8(16-3)14-9(7)12/h4-5H,6H2,1-3H3,(H2,13,15). The van der Waals surface area contributed by atoms with E-state index in [9.17, 15) is 4.79 Å². The summed E-state index contributed by atoms with van der Waals surface area (Å²) in [5, 5.41) is 0. The predicted molar refractivity (Wildman–Crippen MR) is 66.9 cm³/mol. The number of primary amides is 1. The van der Waals surface area contributed by atoms with Crippen LogP contribution in [0.4, 0.5) is 4.79 Å². The van der Waals surface area contributed by atoms with Crippen molar-refractivity contribution in [2.45, 2.75) is 25.9 Å². The smallest absolute Gasteiger partial charge is 0.405 e. The van der Waals surface area contributed by atoms with E-state index in [1.165, 1.54) is 0 Å². The molecule has 1 amide bonds. The second kappa shape index (κ2) is 5.35. The summed E-state index contributed by atoms with van der Waals surface area (Å²) in [5.74, 6) is 0.522. The first-order valence-electron chi connectivity index (χ1n) is 5.02. The van der Waals surface area contributed by atoms with Gasteiger partial charge >= 0.3 is 6.09 Å². The van der Waals surface area contributed by atoms with E-state index in [1.54, 1.807) is 27.0 Å². The van der Waals surface area contributed by atoms with Gasteiger partial charge in [-0.25, -0.2) is 9.78 Å². The Kier molecular flexibility index (Phi) is 4.34. The third-order valence-corrected chi connectivity index (χ3v) is 2.79. The summed E-state index contributed by atoms with van der Waals surface area (Å²) >= 11 is 3.34. The number of carbonyl (C=O) groups excluding carboxylic acids is 1. The fourth-order valence-electron chi connectivity index (χ4n) is 1.46. The lowest BCUT2D eigenvalue weighted by Gasteiger charge is -2.24. The van der Waals surface area contributed by atoms with E-state index in [1.807, 2.05) is 6.07 Å². The van der Waals surface area contributed by atoms with Crippen molar-refractivity contribution >= 4 is 22.0 Å². The number of amides is 1. The van der Waals surface area contributed by atoms with Crippen molar-refractivity contribution in [3.05, 3.63) is 22.3 Å². The third kappa shape index (κ3) is 4.22. The highest BCUT2D eigenvalue weighted by molar-refractivity contribution is 9.10. The quantitative estimate of drug-likeness (QED) is 0.866. The number of nitrogens with two attached hydrogens (primary N) is 1. The molecule has 94 valence electrons. The molecule has 0 aliphatic rings. The van der Waals surface area contributed by atoms with Gasteiger partial charge in [0.05, 0.1) is 7.11 Å². The molecule has 6 heteroatoms. The highest BCUT2D eigenvalue weighted by Gasteiger charge is 2.23. The Morgan fingerprint density at radius 3 is 2.65 bits per heavy atom. The monoisotopic (exact) mass is 302 g/mol. The van der Waals surface area contributed by atoms with Gasteiger partial charge in [0.15, 0.2) is 0 Å². The topological polar surface area (TPSA) is 74.4 Å². The van der Waals surface area contributed by atoms with Crippen molar-refractivity contribution < 1.29 is 14.3 Å². The Morgan fingerprint density at radius 2 is 2.18 bits per heavy atom. The molecule has 0 aromatic carbocycles. The van der Waals surface area contributed by atoms with Gasteiger partial charge in [0.25, 0.3) is 0 Å². The molecule has 0 saturated heterocycles. The van der Waals surface area contributed by atoms with E-state index >= 15 is 0 Å². The van der Waals surface area contributed by atoms with E-state index in [4.69, 9.17) is 15.2 Å². The summed E-state index contributed by atoms with van der Waals surface area (Å²) < 4.78 is 10.7. The molecule has 0 fully saturated rings. The number of methoxy groups -OCH3 is 1. The zero-order chi connectivity index (χ0) is 13.1. The maximum absolute atomic E-state index is 10.7. The molecule has 1 rings (SSSR count). The van der Waals surface area contributed by atoms with Crippen molar-refractivity contribution in [1.82, 2.24) is 4.98 Å². The lowest BCUT2D eigenvalue weighted by atomic mass is 10.00. The van der Waals surface area contributed by atoms with Gasteiger partial charge in [-0.1, -0.05) is 6.07 Å². The molecule has 1 aromatic rings. The Hall–Kier alpha value is -1.30. The number of hydrogen-bond donors (Lipinski definition) is 1. The van der Waals surface area contributed by atoms with Gasteiger partial charge in [-0.15, -0.1) is 0 Å². The largest absolute Gasteiger partial charge is 0.481 e. The van der Waals surface area contributed by atoms with Gasteiger partial charge < -0.3 is 15.2 Å². The molecule has 2 N–H and O–H groups in total. The van der Waals surface area contributed by atoms with Crippen LogP contribution in [0.25, 0.3) is 0 Å². The Labute approximate surface area is 108 Å². The number of hydrogen-bond acceptors (Lipinski definition) is 4. The normalized spacial score (nSPS) is 11.1. The molecule has 0 aliphatic carbocycles. The molecule has 0 aliphatic heterocycles. The second-order valence-electron chi connectivity index (χ2n) is 4.16. The summed E-state index contributed by atoms with van der Waals surface area (Å²) in [6.07, 6.45) is -0.277. The fourth-order valence-corrected chi connectivity index (χ4v) is 1.91. The van der Waals surface area contributed by atoms with Gasteiger partial charge in [-0.3, -0.25) is 0 Å². The van der Waals surface area contributed by atoms with Gasteiger partial charge in [0, 0.05) is 12.5 Å². The summed E-state index contributed by atoms with van der Waals surface area (Å²) in [4.78, 5) is 14.9. The van der Waals surface area contributed by atoms with Crippen LogP contribution in [0.5, 0.6) is 5.88 Å². The zero-order valence-electron chi connectivity index (χ0n) is 9.99. The molecule has 0 atom stereocenters. The van der Waals surface area contributed by atoms with E-state index in [-0.39, 0.29) is 0 Å². The molecule has 17 heavy (non-hydrogen) atoms. The van der Waals surface area contributed by atoms with E-state index in [0.717, 1.165) is 5.56 Å². The van der Waals surface area contributed by atoms with Crippen LogP contribution in [0.3, 0.4) is 0 Å². The molecule has 5 nitrogen and oxygen atoms in total. The van der Waals surface area contributed by atoms with Gasteiger partial charge in [-0.2, -0.15) is 0 Å². The minimum Gasteiger partial charge on any atom is -0.481 e. The average Bonchev–Trinajstić information content (AvgIpc) is 2.18. The molecule has 1 heterocycles. The van der Waals surface area contributed by atoms with E-state index in [0.29, 0.717) is 16.9 Å². The number of pyridine rings is 1. The molecular formula is C11H15BrN2O3. The zero-order valence-corrected chi connectivity index (χ0v) is 11.6. The van der Waals surface area contributed by atoms with Crippen molar-refractivity contribution in [1.29, 1.82) is 0 Å². The molecule has 0 bridgehead atoms. The molecule has 0 spiro atoms. The summed E-state index contributed by atoms with van der Waals surface area (Å²) in [5.41, 5.74) is 5.25. The third-order valence-electron chi connectivity index (χ3n) is 2.10. The minimum atomic E-state index is -0.785. The fraction of sp³-hybridized carbons (Fsp3) is 0.455. The lowest BCUT2D eigenvalue weighted by molar-refractivity contribution is 0.0458. The van der Waals surface area contributed by atoms with Crippen LogP contribution in [0.1, 0.15) is 19.4 Å². The average molecular weight is 303 g/mol. The summed E-state index contributed by atoms with van der Waals surface area (Å²) in [7, 11) is 1.55. The molecule has 1 aromatic heterocycles. The summed E-state index contributed by atoms with van der Waals surface area (Å²) in [6.45, 7) is 3.57. The Bertz CT molecular complexity index is 421. The van der Waals surface area contributed by atoms with Crippen molar-refractivity contribution in [3.8, 4) is 5.88 Å². The second-order valence-corrected chi connectivity index (χ2v) is 4.91. The van der Waals surface area contributed by atoms with E-state index < -0.39 is 11.7 Å². The first-order valence-corrected chi connectivity index (χ1v) is 5.81. The maximum atomic E-state index is 10.7. The van der Waals surface area contributed by atoms with Crippen LogP contribution in [-0.2, 0) is 11.2 Å². The van der Waals surface area contributed by atoms with Crippen LogP contribution < -0.4 is 10.5 Å². The van der Waals surface area contributed by atoms with Crippen LogP contribution in [-0.4, -0.2) is 23.8 Å². The summed E-state index contributed by atoms with van der Waals surface area (Å²) in [6, 6.07) is 3.61. The Balaban J connectivity index is 2.84. The highest BCUT2D eigenvalue weighted by Crippen LogP contribution is 2.24. The van der Waals surface area contributed by atoms with Crippen LogP contribution in [0.15, 0.2) is 16.7 Å². The van der Waals surface area contributed by atoms with Crippen molar-refractivity contribution in [3.63, 3.8) is 0 Å². The minimum absolute atomic E-state index is 0.507. The Morgan fingerprint density at radius 1 is 1.53 bits per heavy atom. The van der Waals surface area contributed by atoms with Gasteiger partial charge in [0.2, 0.25) is 5.88 Å². The lowest BCUT2D eigenvalue weighted by Crippen LogP contribution is -2.33. The molecule has 0 saturated carbocycles. The van der Waals surface area contributed by atoms with Gasteiger partial charge in [0.1, 0.15) is 10.2 Å². The number of nitrogens with zero attached hydrogens (tertiary/aromatic N) is 1. The van der Waals surface area contributed by atoms with Crippen LogP contribution >= 0.6 is 15.9 Å². The number of aromatic nitrogens is 1. The van der Waals surface area contributed by atoms with Crippen molar-refractivity contribution in [2.24, 2.45) is 5.73 Å². The van der Waals surface area contributed by atoms with Gasteiger partial charge in [-0.05, 0) is 35.3 Å². The van der Waals surface area contributed by atoms with E-state index in [2.05, 4.69) is 20.9 Å². The maximum Gasteiger partial charge on any atom is 0.405 e. The highest BCUT2D eigenvalue weighted by atomic mass is 79.9. The predicted octanol–water partition coefficient (Wildman–Crippen LogP) is 2.27. The van der Waals surface area contributed by atoms with Crippen LogP contribution in [0, 0.1) is 0 Å². The first-order chi connectivity index (χ1) is 7.84. The molecule has 0 unspecified atom stereocenters. The number of halogens is 1. The van der Waals surface area contributed by atoms with Crippen LogP contribution in [0.2, 0.25) is 0 Å². The van der Waals surface area contributed by atoms with Crippen molar-refractivity contribution in [2.75, 3.05) is 7.11 Å². The molecule has 0 radical (unpaired) electrons. The number of ether oxygens (including phenoxy) is 2. The number of rotatable bonds is 4. The molecular weight excluding hydrogens is 288 g/mol. The number of carbonyl (C=O) groups is 1. The first kappa shape index (κ1) is 13.8. The SMILES string of the molecule is COc1ccc(CC(C)(C)OC(N)=O)c(Br)n1.